The highest BCUT2D eigenvalue weighted by Crippen LogP contribution is 2.49. The van der Waals surface area contributed by atoms with E-state index >= 15 is 0 Å². The van der Waals surface area contributed by atoms with Crippen molar-refractivity contribution in [1.29, 1.82) is 0 Å². The largest absolute Gasteiger partial charge is 0.369 e. The van der Waals surface area contributed by atoms with Gasteiger partial charge in [0.1, 0.15) is 11.9 Å². The zero-order valence-corrected chi connectivity index (χ0v) is 11.7. The summed E-state index contributed by atoms with van der Waals surface area (Å²) in [5.41, 5.74) is 3.77. The van der Waals surface area contributed by atoms with Gasteiger partial charge >= 0.3 is 0 Å². The second-order valence-corrected chi connectivity index (χ2v) is 6.23. The van der Waals surface area contributed by atoms with Gasteiger partial charge in [0.2, 0.25) is 0 Å². The smallest absolute Gasteiger partial charge is 0.193 e. The van der Waals surface area contributed by atoms with E-state index in [1.807, 2.05) is 12.1 Å². The van der Waals surface area contributed by atoms with Gasteiger partial charge in [0, 0.05) is 23.5 Å². The van der Waals surface area contributed by atoms with E-state index < -0.39 is 6.10 Å². The molecule has 0 radical (unpaired) electrons. The van der Waals surface area contributed by atoms with E-state index in [-0.39, 0.29) is 29.2 Å². The lowest BCUT2D eigenvalue weighted by atomic mass is 9.67. The molecule has 1 heterocycles. The number of allylic oxidation sites excluding steroid dienone is 2. The summed E-state index contributed by atoms with van der Waals surface area (Å²) in [5.74, 6) is -0.354. The lowest BCUT2D eigenvalue weighted by Crippen LogP contribution is -2.39. The Kier molecular flexibility index (Phi) is 2.17. The summed E-state index contributed by atoms with van der Waals surface area (Å²) in [7, 11) is 0. The van der Waals surface area contributed by atoms with E-state index in [4.69, 9.17) is 4.74 Å². The van der Waals surface area contributed by atoms with E-state index in [1.54, 1.807) is 12.1 Å². The number of carbonyl (C=O) groups excluding carboxylic acids is 3. The molecule has 22 heavy (non-hydrogen) atoms. The first-order valence-electron chi connectivity index (χ1n) is 7.45. The minimum absolute atomic E-state index is 0.0641. The normalized spacial score (nSPS) is 31.0. The van der Waals surface area contributed by atoms with Gasteiger partial charge in [0.25, 0.3) is 0 Å². The van der Waals surface area contributed by atoms with Crippen molar-refractivity contribution < 1.29 is 19.1 Å². The minimum Gasteiger partial charge on any atom is -0.369 e. The third-order valence-electron chi connectivity index (χ3n) is 5.24. The average molecular weight is 292 g/mol. The number of fused-ring (bicyclic) bond motifs is 4. The van der Waals surface area contributed by atoms with Crippen molar-refractivity contribution in [3.63, 3.8) is 0 Å². The van der Waals surface area contributed by atoms with Gasteiger partial charge in [0.15, 0.2) is 11.6 Å². The van der Waals surface area contributed by atoms with Crippen molar-refractivity contribution in [1.82, 2.24) is 0 Å². The second kappa shape index (κ2) is 3.90. The lowest BCUT2D eigenvalue weighted by Gasteiger charge is -2.34. The second-order valence-electron chi connectivity index (χ2n) is 6.23. The number of rotatable bonds is 0. The van der Waals surface area contributed by atoms with Crippen molar-refractivity contribution in [2.75, 3.05) is 6.61 Å². The van der Waals surface area contributed by atoms with E-state index in [0.717, 1.165) is 11.1 Å². The SMILES string of the molecule is O=C1C=Cc2c1ccc1c2C(=O)C2OCC3C(=O)CC=C1C32. The monoisotopic (exact) mass is 292 g/mol. The molecule has 1 fully saturated rings. The van der Waals surface area contributed by atoms with E-state index in [9.17, 15) is 14.4 Å². The lowest BCUT2D eigenvalue weighted by molar-refractivity contribution is -0.122. The van der Waals surface area contributed by atoms with Crippen LogP contribution in [0.25, 0.3) is 11.6 Å². The van der Waals surface area contributed by atoms with E-state index in [0.29, 0.717) is 29.7 Å². The van der Waals surface area contributed by atoms with Crippen molar-refractivity contribution >= 4 is 29.0 Å². The first-order valence-corrected chi connectivity index (χ1v) is 7.45. The fourth-order valence-electron chi connectivity index (χ4n) is 4.23. The molecule has 108 valence electrons. The van der Waals surface area contributed by atoms with Crippen molar-refractivity contribution in [2.45, 2.75) is 12.5 Å². The number of hydrogen-bond acceptors (Lipinski definition) is 4. The Balaban J connectivity index is 1.81. The fraction of sp³-hybridized carbons (Fsp3) is 0.278. The van der Waals surface area contributed by atoms with Gasteiger partial charge in [-0.15, -0.1) is 0 Å². The van der Waals surface area contributed by atoms with Gasteiger partial charge in [-0.25, -0.2) is 0 Å². The highest BCUT2D eigenvalue weighted by atomic mass is 16.5. The third-order valence-corrected chi connectivity index (χ3v) is 5.24. The maximum atomic E-state index is 12.9. The maximum absolute atomic E-state index is 12.9. The fourth-order valence-corrected chi connectivity index (χ4v) is 4.23. The Morgan fingerprint density at radius 2 is 1.86 bits per heavy atom. The van der Waals surface area contributed by atoms with Crippen LogP contribution in [0.3, 0.4) is 0 Å². The Morgan fingerprint density at radius 3 is 2.73 bits per heavy atom. The number of ketones is 3. The number of hydrogen-bond donors (Lipinski definition) is 0. The molecule has 1 aliphatic heterocycles. The van der Waals surface area contributed by atoms with Crippen LogP contribution in [0.4, 0.5) is 0 Å². The van der Waals surface area contributed by atoms with Crippen LogP contribution in [0, 0.1) is 11.8 Å². The van der Waals surface area contributed by atoms with E-state index in [1.165, 1.54) is 6.08 Å². The van der Waals surface area contributed by atoms with Crippen molar-refractivity contribution in [3.05, 3.63) is 46.5 Å². The van der Waals surface area contributed by atoms with Crippen LogP contribution in [0.5, 0.6) is 0 Å². The van der Waals surface area contributed by atoms with Crippen LogP contribution in [0.1, 0.15) is 38.3 Å². The summed E-state index contributed by atoms with van der Waals surface area (Å²) >= 11 is 0. The van der Waals surface area contributed by atoms with Gasteiger partial charge in [-0.2, -0.15) is 0 Å². The summed E-state index contributed by atoms with van der Waals surface area (Å²) in [5, 5.41) is 0. The first-order chi connectivity index (χ1) is 10.7. The zero-order valence-electron chi connectivity index (χ0n) is 11.7. The zero-order chi connectivity index (χ0) is 15.0. The predicted octanol–water partition coefficient (Wildman–Crippen LogP) is 2.08. The van der Waals surface area contributed by atoms with Crippen LogP contribution in [-0.2, 0) is 9.53 Å². The number of benzene rings is 1. The summed E-state index contributed by atoms with van der Waals surface area (Å²) in [4.78, 5) is 36.8. The molecule has 4 nitrogen and oxygen atoms in total. The van der Waals surface area contributed by atoms with Gasteiger partial charge in [-0.3, -0.25) is 14.4 Å². The first kappa shape index (κ1) is 12.2. The molecule has 0 spiro atoms. The van der Waals surface area contributed by atoms with Crippen LogP contribution in [-0.4, -0.2) is 30.1 Å². The molecule has 0 N–H and O–H groups in total. The molecule has 1 saturated heterocycles. The van der Waals surface area contributed by atoms with Gasteiger partial charge < -0.3 is 4.74 Å². The quantitative estimate of drug-likeness (QED) is 0.734. The molecule has 3 aliphatic carbocycles. The van der Waals surface area contributed by atoms with Gasteiger partial charge in [0.05, 0.1) is 12.5 Å². The summed E-state index contributed by atoms with van der Waals surface area (Å²) in [6, 6.07) is 3.64. The molecule has 5 rings (SSSR count). The summed E-state index contributed by atoms with van der Waals surface area (Å²) in [6.07, 6.45) is 4.97. The number of ether oxygens (including phenoxy) is 1. The Morgan fingerprint density at radius 1 is 1.05 bits per heavy atom. The highest BCUT2D eigenvalue weighted by molar-refractivity contribution is 6.20. The Hall–Kier alpha value is -2.33. The molecule has 4 aliphatic rings. The topological polar surface area (TPSA) is 60.4 Å². The molecular formula is C18H12O4. The Bertz CT molecular complexity index is 843. The average Bonchev–Trinajstić information content (AvgIpc) is 3.11. The van der Waals surface area contributed by atoms with Crippen molar-refractivity contribution in [2.24, 2.45) is 11.8 Å². The molecule has 0 aromatic heterocycles. The number of carbonyl (C=O) groups is 3. The summed E-state index contributed by atoms with van der Waals surface area (Å²) in [6.45, 7) is 0.322. The van der Waals surface area contributed by atoms with Crippen molar-refractivity contribution in [3.8, 4) is 0 Å². The highest BCUT2D eigenvalue weighted by Gasteiger charge is 2.52. The molecule has 0 amide bonds. The molecular weight excluding hydrogens is 280 g/mol. The Labute approximate surface area is 126 Å². The summed E-state index contributed by atoms with van der Waals surface area (Å²) < 4.78 is 5.68. The molecule has 3 unspecified atom stereocenters. The van der Waals surface area contributed by atoms with Crippen LogP contribution in [0.2, 0.25) is 0 Å². The standard InChI is InChI=1S/C18H12O4/c19-13-5-3-9-8(13)1-2-10-11-4-6-14(20)12-7-22-18(16(11)12)17(21)15(9)10/h1-5,12,16,18H,6-7H2. The predicted molar refractivity (Wildman–Crippen MR) is 78.5 cm³/mol. The molecule has 1 aromatic rings. The maximum Gasteiger partial charge on any atom is 0.193 e. The molecule has 1 aromatic carbocycles. The van der Waals surface area contributed by atoms with Crippen LogP contribution < -0.4 is 0 Å². The van der Waals surface area contributed by atoms with Gasteiger partial charge in [-0.05, 0) is 34.9 Å². The van der Waals surface area contributed by atoms with E-state index in [2.05, 4.69) is 0 Å². The van der Waals surface area contributed by atoms with Crippen LogP contribution >= 0.6 is 0 Å². The third kappa shape index (κ3) is 1.29. The minimum atomic E-state index is -0.580. The molecule has 0 saturated carbocycles. The molecule has 0 bridgehead atoms. The van der Waals surface area contributed by atoms with Crippen LogP contribution in [0.15, 0.2) is 24.3 Å². The van der Waals surface area contributed by atoms with Gasteiger partial charge in [-0.1, -0.05) is 12.1 Å². The molecule has 4 heteroatoms. The number of Topliss-reactive ketones (excluding diaryl/α,β-unsaturated/α-hetero) is 2. The molecule has 3 atom stereocenters.